The second-order valence-corrected chi connectivity index (χ2v) is 4.98. The Balaban J connectivity index is 2.06. The van der Waals surface area contributed by atoms with Crippen molar-refractivity contribution in [1.82, 2.24) is 9.47 Å². The highest BCUT2D eigenvalue weighted by Crippen LogP contribution is 2.20. The van der Waals surface area contributed by atoms with E-state index in [1.807, 2.05) is 11.9 Å². The minimum absolute atomic E-state index is 0.0648. The normalized spacial score (nSPS) is 20.1. The number of aryl methyl sites for hydroxylation is 1. The molecule has 0 aliphatic carbocycles. The van der Waals surface area contributed by atoms with Gasteiger partial charge in [-0.2, -0.15) is 0 Å². The van der Waals surface area contributed by atoms with Gasteiger partial charge in [0.2, 0.25) is 0 Å². The first-order valence-corrected chi connectivity index (χ1v) is 6.32. The van der Waals surface area contributed by atoms with Gasteiger partial charge in [0.1, 0.15) is 5.69 Å². The van der Waals surface area contributed by atoms with Crippen LogP contribution in [0.1, 0.15) is 23.3 Å². The van der Waals surface area contributed by atoms with Gasteiger partial charge in [-0.15, -0.1) is 0 Å². The lowest BCUT2D eigenvalue weighted by Crippen LogP contribution is -2.41. The summed E-state index contributed by atoms with van der Waals surface area (Å²) in [5, 5.41) is 0. The van der Waals surface area contributed by atoms with Crippen molar-refractivity contribution >= 4 is 11.6 Å². The summed E-state index contributed by atoms with van der Waals surface area (Å²) < 4.78 is 6.97. The lowest BCUT2D eigenvalue weighted by molar-refractivity contribution is 0.0562. The zero-order chi connectivity index (χ0) is 13.1. The fourth-order valence-electron chi connectivity index (χ4n) is 2.59. The molecule has 1 aliphatic heterocycles. The Morgan fingerprint density at radius 2 is 2.39 bits per heavy atom. The van der Waals surface area contributed by atoms with Crippen LogP contribution in [0.5, 0.6) is 0 Å². The van der Waals surface area contributed by atoms with Gasteiger partial charge in [0.05, 0.1) is 12.3 Å². The number of rotatable bonds is 3. The average Bonchev–Trinajstić information content (AvgIpc) is 2.68. The Morgan fingerprint density at radius 1 is 1.61 bits per heavy atom. The van der Waals surface area contributed by atoms with Crippen LogP contribution in [0, 0.1) is 5.92 Å². The fourth-order valence-corrected chi connectivity index (χ4v) is 2.59. The number of anilines is 1. The quantitative estimate of drug-likeness (QED) is 0.875. The van der Waals surface area contributed by atoms with E-state index in [2.05, 4.69) is 0 Å². The van der Waals surface area contributed by atoms with Crippen LogP contribution in [0.3, 0.4) is 0 Å². The van der Waals surface area contributed by atoms with Gasteiger partial charge in [-0.05, 0) is 24.8 Å². The molecular weight excluding hydrogens is 230 g/mol. The van der Waals surface area contributed by atoms with Crippen molar-refractivity contribution in [3.8, 4) is 0 Å². The average molecular weight is 251 g/mol. The largest absolute Gasteiger partial charge is 0.397 e. The molecule has 1 aliphatic rings. The number of hydrogen-bond acceptors (Lipinski definition) is 3. The molecule has 2 heterocycles. The molecule has 100 valence electrons. The van der Waals surface area contributed by atoms with Gasteiger partial charge < -0.3 is 19.9 Å². The Hall–Kier alpha value is -1.49. The third-order valence-electron chi connectivity index (χ3n) is 3.45. The highest BCUT2D eigenvalue weighted by atomic mass is 16.5. The van der Waals surface area contributed by atoms with Crippen LogP contribution < -0.4 is 5.73 Å². The van der Waals surface area contributed by atoms with E-state index in [0.717, 1.165) is 32.5 Å². The smallest absolute Gasteiger partial charge is 0.270 e. The summed E-state index contributed by atoms with van der Waals surface area (Å²) in [5.74, 6) is 0.514. The highest BCUT2D eigenvalue weighted by molar-refractivity contribution is 5.93. The Labute approximate surface area is 108 Å². The van der Waals surface area contributed by atoms with Crippen LogP contribution in [0.15, 0.2) is 12.3 Å². The van der Waals surface area contributed by atoms with Crippen molar-refractivity contribution in [2.45, 2.75) is 12.8 Å². The lowest BCUT2D eigenvalue weighted by Gasteiger charge is -2.32. The molecule has 1 saturated heterocycles. The third kappa shape index (κ3) is 2.67. The van der Waals surface area contributed by atoms with Crippen LogP contribution in [0.4, 0.5) is 5.69 Å². The number of ether oxygens (including phenoxy) is 1. The van der Waals surface area contributed by atoms with E-state index in [0.29, 0.717) is 17.3 Å². The summed E-state index contributed by atoms with van der Waals surface area (Å²) >= 11 is 0. The van der Waals surface area contributed by atoms with Crippen LogP contribution in [0.2, 0.25) is 0 Å². The number of nitrogens with zero attached hydrogens (tertiary/aromatic N) is 2. The predicted octanol–water partition coefficient (Wildman–Crippen LogP) is 1.11. The number of carbonyl (C=O) groups is 1. The molecule has 1 aromatic heterocycles. The molecule has 0 aromatic carbocycles. The molecule has 1 amide bonds. The van der Waals surface area contributed by atoms with Crippen molar-refractivity contribution < 1.29 is 9.53 Å². The van der Waals surface area contributed by atoms with Crippen LogP contribution in [0.25, 0.3) is 0 Å². The molecule has 0 saturated carbocycles. The molecule has 5 heteroatoms. The van der Waals surface area contributed by atoms with E-state index < -0.39 is 0 Å². The monoisotopic (exact) mass is 251 g/mol. The summed E-state index contributed by atoms with van der Waals surface area (Å²) in [4.78, 5) is 14.3. The van der Waals surface area contributed by atoms with Gasteiger partial charge in [-0.1, -0.05) is 0 Å². The molecule has 0 radical (unpaired) electrons. The first-order valence-electron chi connectivity index (χ1n) is 6.32. The van der Waals surface area contributed by atoms with E-state index >= 15 is 0 Å². The van der Waals surface area contributed by atoms with Crippen LogP contribution in [-0.2, 0) is 11.8 Å². The summed E-state index contributed by atoms with van der Waals surface area (Å²) in [6.45, 7) is 2.32. The molecule has 1 aromatic rings. The number of carbonyl (C=O) groups excluding carboxylic acids is 1. The van der Waals surface area contributed by atoms with Crippen LogP contribution >= 0.6 is 0 Å². The van der Waals surface area contributed by atoms with E-state index in [9.17, 15) is 4.79 Å². The number of hydrogen-bond donors (Lipinski definition) is 1. The van der Waals surface area contributed by atoms with Crippen molar-refractivity contribution in [2.75, 3.05) is 32.5 Å². The van der Waals surface area contributed by atoms with Crippen molar-refractivity contribution in [2.24, 2.45) is 13.0 Å². The minimum atomic E-state index is 0.0648. The molecule has 1 unspecified atom stereocenters. The van der Waals surface area contributed by atoms with E-state index in [1.54, 1.807) is 23.9 Å². The molecule has 2 N–H and O–H groups in total. The number of nitrogen functional groups attached to an aromatic ring is 1. The Bertz CT molecular complexity index is 426. The first kappa shape index (κ1) is 13.0. The van der Waals surface area contributed by atoms with Gasteiger partial charge in [-0.3, -0.25) is 4.79 Å². The van der Waals surface area contributed by atoms with Gasteiger partial charge in [0, 0.05) is 33.4 Å². The Morgan fingerprint density at radius 3 is 3.00 bits per heavy atom. The SMILES string of the molecule is COCC1CCCN(C(=O)c2cc(N)cn2C)C1. The summed E-state index contributed by atoms with van der Waals surface area (Å²) in [5.41, 5.74) is 7.00. The molecule has 1 fully saturated rings. The highest BCUT2D eigenvalue weighted by Gasteiger charge is 2.25. The molecule has 0 bridgehead atoms. The molecule has 0 spiro atoms. The number of aromatic nitrogens is 1. The standard InChI is InChI=1S/C13H21N3O2/c1-15-8-11(14)6-12(15)13(17)16-5-3-4-10(7-16)9-18-2/h6,8,10H,3-5,7,9,14H2,1-2H3. The van der Waals surface area contributed by atoms with Crippen molar-refractivity contribution in [3.63, 3.8) is 0 Å². The number of piperidine rings is 1. The maximum absolute atomic E-state index is 12.4. The predicted molar refractivity (Wildman–Crippen MR) is 70.3 cm³/mol. The molecule has 2 rings (SSSR count). The number of methoxy groups -OCH3 is 1. The molecule has 1 atom stereocenters. The summed E-state index contributed by atoms with van der Waals surface area (Å²) in [6, 6.07) is 1.74. The van der Waals surface area contributed by atoms with E-state index in [1.165, 1.54) is 0 Å². The summed E-state index contributed by atoms with van der Waals surface area (Å²) in [6.07, 6.45) is 3.94. The molecule has 18 heavy (non-hydrogen) atoms. The molecule has 5 nitrogen and oxygen atoms in total. The van der Waals surface area contributed by atoms with Gasteiger partial charge in [0.15, 0.2) is 0 Å². The van der Waals surface area contributed by atoms with Gasteiger partial charge >= 0.3 is 0 Å². The lowest BCUT2D eigenvalue weighted by atomic mass is 9.99. The number of likely N-dealkylation sites (tertiary alicyclic amines) is 1. The summed E-state index contributed by atoms with van der Waals surface area (Å²) in [7, 11) is 3.55. The minimum Gasteiger partial charge on any atom is -0.397 e. The maximum Gasteiger partial charge on any atom is 0.270 e. The second-order valence-electron chi connectivity index (χ2n) is 4.98. The molecular formula is C13H21N3O2. The topological polar surface area (TPSA) is 60.5 Å². The first-order chi connectivity index (χ1) is 8.61. The zero-order valence-electron chi connectivity index (χ0n) is 11.1. The maximum atomic E-state index is 12.4. The fraction of sp³-hybridized carbons (Fsp3) is 0.615. The third-order valence-corrected chi connectivity index (χ3v) is 3.45. The number of amides is 1. The van der Waals surface area contributed by atoms with Gasteiger partial charge in [0.25, 0.3) is 5.91 Å². The van der Waals surface area contributed by atoms with Gasteiger partial charge in [-0.25, -0.2) is 0 Å². The number of nitrogens with two attached hydrogens (primary N) is 1. The Kier molecular flexibility index (Phi) is 3.91. The van der Waals surface area contributed by atoms with E-state index in [4.69, 9.17) is 10.5 Å². The second kappa shape index (κ2) is 5.44. The zero-order valence-corrected chi connectivity index (χ0v) is 11.1. The van der Waals surface area contributed by atoms with E-state index in [-0.39, 0.29) is 5.91 Å². The van der Waals surface area contributed by atoms with Crippen molar-refractivity contribution in [1.29, 1.82) is 0 Å². The van der Waals surface area contributed by atoms with Crippen LogP contribution in [-0.4, -0.2) is 42.2 Å². The van der Waals surface area contributed by atoms with Crippen molar-refractivity contribution in [3.05, 3.63) is 18.0 Å².